The van der Waals surface area contributed by atoms with Crippen LogP contribution in [-0.2, 0) is 0 Å². The lowest BCUT2D eigenvalue weighted by atomic mass is 10.1. The van der Waals surface area contributed by atoms with Crippen LogP contribution in [0.1, 0.15) is 31.9 Å². The third kappa shape index (κ3) is 3.74. The van der Waals surface area contributed by atoms with E-state index in [-0.39, 0.29) is 0 Å². The van der Waals surface area contributed by atoms with Crippen LogP contribution in [0.25, 0.3) is 5.65 Å². The number of aromatic nitrogens is 5. The lowest BCUT2D eigenvalue weighted by molar-refractivity contribution is 0.762. The summed E-state index contributed by atoms with van der Waals surface area (Å²) >= 11 is 0. The van der Waals surface area contributed by atoms with Crippen molar-refractivity contribution < 1.29 is 0 Å². The highest BCUT2D eigenvalue weighted by Crippen LogP contribution is 2.19. The van der Waals surface area contributed by atoms with Gasteiger partial charge in [-0.2, -0.15) is 9.61 Å². The second-order valence-electron chi connectivity index (χ2n) is 5.69. The van der Waals surface area contributed by atoms with Crippen molar-refractivity contribution in [1.82, 2.24) is 24.8 Å². The second-order valence-corrected chi connectivity index (χ2v) is 5.69. The molecule has 0 aliphatic rings. The number of nitrogens with one attached hydrogen (secondary N) is 2. The largest absolute Gasteiger partial charge is 0.384 e. The molecular weight excluding hydrogens is 290 g/mol. The van der Waals surface area contributed by atoms with Crippen LogP contribution < -0.4 is 10.6 Å². The molecule has 0 spiro atoms. The van der Waals surface area contributed by atoms with Crippen LogP contribution in [-0.4, -0.2) is 37.9 Å². The first-order valence-corrected chi connectivity index (χ1v) is 7.83. The molecule has 3 aromatic heterocycles. The van der Waals surface area contributed by atoms with Gasteiger partial charge in [-0.05, 0) is 30.5 Å². The molecule has 0 fully saturated rings. The minimum Gasteiger partial charge on any atom is -0.384 e. The average Bonchev–Trinajstić information content (AvgIpc) is 3.04. The van der Waals surface area contributed by atoms with Gasteiger partial charge in [-0.25, -0.2) is 0 Å². The Morgan fingerprint density at radius 2 is 2.09 bits per heavy atom. The maximum Gasteiger partial charge on any atom is 0.200 e. The van der Waals surface area contributed by atoms with Crippen LogP contribution in [0.4, 0.5) is 11.4 Å². The molecule has 0 amide bonds. The number of hydrogen-bond acceptors (Lipinski definition) is 6. The molecule has 2 N–H and O–H groups in total. The Morgan fingerprint density at radius 1 is 1.22 bits per heavy atom. The highest BCUT2D eigenvalue weighted by Gasteiger charge is 2.09. The van der Waals surface area contributed by atoms with Gasteiger partial charge in [0.05, 0.1) is 17.1 Å². The minimum atomic E-state index is 0.356. The number of hydrogen-bond donors (Lipinski definition) is 2. The standard InChI is InChI=1S/C16H21N7/c1-12(2)14-9-15(16-21-20-11-23(16)22-14)19-8-4-7-18-13-5-3-6-17-10-13/h3,5-6,9-12,18-19H,4,7-8H2,1-2H3. The molecule has 120 valence electrons. The number of rotatable bonds is 7. The SMILES string of the molecule is CC(C)c1cc(NCCCNc2cccnc2)c2nncn2n1. The van der Waals surface area contributed by atoms with Gasteiger partial charge in [-0.15, -0.1) is 10.2 Å². The van der Waals surface area contributed by atoms with Crippen LogP contribution >= 0.6 is 0 Å². The fraction of sp³-hybridized carbons (Fsp3) is 0.375. The van der Waals surface area contributed by atoms with Gasteiger partial charge in [-0.3, -0.25) is 4.98 Å². The van der Waals surface area contributed by atoms with E-state index in [0.29, 0.717) is 5.92 Å². The van der Waals surface area contributed by atoms with E-state index in [4.69, 9.17) is 0 Å². The summed E-state index contributed by atoms with van der Waals surface area (Å²) in [5.41, 5.74) is 3.80. The molecule has 0 aromatic carbocycles. The summed E-state index contributed by atoms with van der Waals surface area (Å²) in [5.74, 6) is 0.356. The van der Waals surface area contributed by atoms with E-state index >= 15 is 0 Å². The Kier molecular flexibility index (Phi) is 4.65. The van der Waals surface area contributed by atoms with E-state index in [0.717, 1.165) is 42.2 Å². The fourth-order valence-electron chi connectivity index (χ4n) is 2.27. The van der Waals surface area contributed by atoms with Crippen LogP contribution in [0, 0.1) is 0 Å². The van der Waals surface area contributed by atoms with Crippen LogP contribution in [0.3, 0.4) is 0 Å². The molecule has 0 radical (unpaired) electrons. The fourth-order valence-corrected chi connectivity index (χ4v) is 2.27. The molecule has 7 heteroatoms. The molecule has 3 heterocycles. The molecule has 3 rings (SSSR count). The maximum absolute atomic E-state index is 4.51. The van der Waals surface area contributed by atoms with Gasteiger partial charge in [0, 0.05) is 25.5 Å². The van der Waals surface area contributed by atoms with Crippen molar-refractivity contribution >= 4 is 17.0 Å². The average molecular weight is 311 g/mol. The molecule has 0 atom stereocenters. The van der Waals surface area contributed by atoms with E-state index in [2.05, 4.69) is 50.8 Å². The molecule has 0 aliphatic heterocycles. The normalized spacial score (nSPS) is 11.1. The van der Waals surface area contributed by atoms with Gasteiger partial charge in [0.1, 0.15) is 6.33 Å². The number of anilines is 2. The number of fused-ring (bicyclic) bond motifs is 1. The second kappa shape index (κ2) is 7.04. The topological polar surface area (TPSA) is 80.0 Å². The zero-order chi connectivity index (χ0) is 16.1. The first kappa shape index (κ1) is 15.2. The lowest BCUT2D eigenvalue weighted by Crippen LogP contribution is -2.11. The molecule has 0 saturated carbocycles. The van der Waals surface area contributed by atoms with Crippen molar-refractivity contribution in [3.05, 3.63) is 42.6 Å². The predicted octanol–water partition coefficient (Wildman–Crippen LogP) is 2.56. The summed E-state index contributed by atoms with van der Waals surface area (Å²) in [5, 5.41) is 19.4. The highest BCUT2D eigenvalue weighted by atomic mass is 15.3. The molecular formula is C16H21N7. The van der Waals surface area contributed by atoms with Crippen molar-refractivity contribution in [2.45, 2.75) is 26.2 Å². The van der Waals surface area contributed by atoms with Crippen molar-refractivity contribution in [2.24, 2.45) is 0 Å². The van der Waals surface area contributed by atoms with Crippen molar-refractivity contribution in [3.63, 3.8) is 0 Å². The zero-order valence-corrected chi connectivity index (χ0v) is 13.4. The number of nitrogens with zero attached hydrogens (tertiary/aromatic N) is 5. The zero-order valence-electron chi connectivity index (χ0n) is 13.4. The third-order valence-electron chi connectivity index (χ3n) is 3.54. The summed E-state index contributed by atoms with van der Waals surface area (Å²) in [6, 6.07) is 5.99. The van der Waals surface area contributed by atoms with Crippen LogP contribution in [0.15, 0.2) is 36.9 Å². The molecule has 3 aromatic rings. The van der Waals surface area contributed by atoms with Gasteiger partial charge in [0.15, 0.2) is 0 Å². The Morgan fingerprint density at radius 3 is 2.87 bits per heavy atom. The minimum absolute atomic E-state index is 0.356. The van der Waals surface area contributed by atoms with Gasteiger partial charge in [-0.1, -0.05) is 13.8 Å². The van der Waals surface area contributed by atoms with Crippen molar-refractivity contribution in [3.8, 4) is 0 Å². The van der Waals surface area contributed by atoms with E-state index < -0.39 is 0 Å². The van der Waals surface area contributed by atoms with Gasteiger partial charge in [0.2, 0.25) is 5.65 Å². The monoisotopic (exact) mass is 311 g/mol. The Labute approximate surface area is 135 Å². The van der Waals surface area contributed by atoms with Crippen molar-refractivity contribution in [1.29, 1.82) is 0 Å². The van der Waals surface area contributed by atoms with Crippen LogP contribution in [0.2, 0.25) is 0 Å². The smallest absolute Gasteiger partial charge is 0.200 e. The summed E-state index contributed by atoms with van der Waals surface area (Å²) in [7, 11) is 0. The van der Waals surface area contributed by atoms with Gasteiger partial charge in [0.25, 0.3) is 0 Å². The Hall–Kier alpha value is -2.70. The first-order valence-electron chi connectivity index (χ1n) is 7.83. The molecule has 0 bridgehead atoms. The van der Waals surface area contributed by atoms with Gasteiger partial charge >= 0.3 is 0 Å². The van der Waals surface area contributed by atoms with E-state index in [1.54, 1.807) is 17.0 Å². The Bertz CT molecular complexity index is 751. The summed E-state index contributed by atoms with van der Waals surface area (Å²) in [6.07, 6.45) is 6.21. The highest BCUT2D eigenvalue weighted by molar-refractivity contribution is 5.66. The Balaban J connectivity index is 1.57. The van der Waals surface area contributed by atoms with Gasteiger partial charge < -0.3 is 10.6 Å². The summed E-state index contributed by atoms with van der Waals surface area (Å²) < 4.78 is 1.73. The summed E-state index contributed by atoms with van der Waals surface area (Å²) in [4.78, 5) is 4.08. The molecule has 7 nitrogen and oxygen atoms in total. The quantitative estimate of drug-likeness (QED) is 0.653. The van der Waals surface area contributed by atoms with Crippen LogP contribution in [0.5, 0.6) is 0 Å². The molecule has 0 saturated heterocycles. The molecule has 23 heavy (non-hydrogen) atoms. The lowest BCUT2D eigenvalue weighted by Gasteiger charge is -2.11. The first-order chi connectivity index (χ1) is 11.2. The summed E-state index contributed by atoms with van der Waals surface area (Å²) in [6.45, 7) is 5.97. The predicted molar refractivity (Wildman–Crippen MR) is 90.7 cm³/mol. The van der Waals surface area contributed by atoms with E-state index in [9.17, 15) is 0 Å². The molecule has 0 unspecified atom stereocenters. The van der Waals surface area contributed by atoms with Crippen molar-refractivity contribution in [2.75, 3.05) is 23.7 Å². The third-order valence-corrected chi connectivity index (χ3v) is 3.54. The van der Waals surface area contributed by atoms with E-state index in [1.807, 2.05) is 18.3 Å². The van der Waals surface area contributed by atoms with E-state index in [1.165, 1.54) is 0 Å². The maximum atomic E-state index is 4.51. The number of pyridine rings is 1. The molecule has 0 aliphatic carbocycles.